The van der Waals surface area contributed by atoms with Gasteiger partial charge in [-0.15, -0.1) is 5.10 Å². The Morgan fingerprint density at radius 3 is 2.86 bits per heavy atom. The number of carbonyl (C=O) groups is 1. The van der Waals surface area contributed by atoms with E-state index in [1.165, 1.54) is 0 Å². The molecule has 0 fully saturated rings. The number of carbonyl (C=O) groups excluding carboxylic acids is 1. The molecule has 0 aliphatic carbocycles. The second kappa shape index (κ2) is 6.17. The van der Waals surface area contributed by atoms with Crippen LogP contribution in [0, 0.1) is 0 Å². The van der Waals surface area contributed by atoms with E-state index in [0.29, 0.717) is 12.2 Å². The zero-order chi connectivity index (χ0) is 15.4. The number of rotatable bonds is 5. The average molecular weight is 297 g/mol. The van der Waals surface area contributed by atoms with Gasteiger partial charge in [-0.3, -0.25) is 14.5 Å². The summed E-state index contributed by atoms with van der Waals surface area (Å²) in [5, 5.41) is 14.9. The molecule has 3 heterocycles. The van der Waals surface area contributed by atoms with E-state index in [0.717, 1.165) is 5.69 Å². The smallest absolute Gasteiger partial charge is 0.244 e. The lowest BCUT2D eigenvalue weighted by atomic mass is 10.3. The maximum Gasteiger partial charge on any atom is 0.244 e. The first-order valence-electron chi connectivity index (χ1n) is 6.82. The first kappa shape index (κ1) is 13.9. The second-order valence-electron chi connectivity index (χ2n) is 4.74. The highest BCUT2D eigenvalue weighted by molar-refractivity contribution is 5.79. The number of pyridine rings is 1. The van der Waals surface area contributed by atoms with Crippen molar-refractivity contribution in [1.29, 1.82) is 0 Å². The number of aromatic nitrogens is 6. The van der Waals surface area contributed by atoms with Crippen LogP contribution in [0.2, 0.25) is 0 Å². The molecule has 0 saturated carbocycles. The van der Waals surface area contributed by atoms with Crippen LogP contribution in [0.4, 0.5) is 0 Å². The van der Waals surface area contributed by atoms with Gasteiger partial charge in [0.15, 0.2) is 0 Å². The molecule has 8 nitrogen and oxygen atoms in total. The van der Waals surface area contributed by atoms with Crippen molar-refractivity contribution in [2.45, 2.75) is 19.5 Å². The Morgan fingerprint density at radius 1 is 1.32 bits per heavy atom. The second-order valence-corrected chi connectivity index (χ2v) is 4.74. The van der Waals surface area contributed by atoms with Gasteiger partial charge >= 0.3 is 0 Å². The highest BCUT2D eigenvalue weighted by Gasteiger charge is 2.15. The Labute approximate surface area is 126 Å². The molecule has 3 aromatic heterocycles. The van der Waals surface area contributed by atoms with Crippen molar-refractivity contribution in [2.75, 3.05) is 0 Å². The molecule has 0 bridgehead atoms. The molecule has 0 aliphatic heterocycles. The third-order valence-corrected chi connectivity index (χ3v) is 3.21. The van der Waals surface area contributed by atoms with Crippen LogP contribution in [0.5, 0.6) is 0 Å². The molecule has 0 aromatic carbocycles. The lowest BCUT2D eigenvalue weighted by Crippen LogP contribution is -2.30. The topological polar surface area (TPSA) is 90.5 Å². The van der Waals surface area contributed by atoms with Crippen LogP contribution >= 0.6 is 0 Å². The monoisotopic (exact) mass is 297 g/mol. The molecule has 1 amide bonds. The van der Waals surface area contributed by atoms with Gasteiger partial charge in [-0.1, -0.05) is 5.21 Å². The molecule has 3 rings (SSSR count). The number of hydrogen-bond donors (Lipinski definition) is 1. The molecule has 1 atom stereocenters. The zero-order valence-electron chi connectivity index (χ0n) is 12.0. The number of hydrogen-bond acceptors (Lipinski definition) is 5. The molecule has 1 unspecified atom stereocenters. The minimum Gasteiger partial charge on any atom is -0.348 e. The van der Waals surface area contributed by atoms with Crippen molar-refractivity contribution in [3.63, 3.8) is 0 Å². The summed E-state index contributed by atoms with van der Waals surface area (Å²) in [6.45, 7) is 2.10. The van der Waals surface area contributed by atoms with Gasteiger partial charge in [0.1, 0.15) is 11.7 Å². The Hall–Kier alpha value is -3.03. The lowest BCUT2D eigenvalue weighted by Gasteiger charge is -2.11. The van der Waals surface area contributed by atoms with Gasteiger partial charge in [0.05, 0.1) is 18.4 Å². The van der Waals surface area contributed by atoms with Crippen LogP contribution in [0.1, 0.15) is 18.7 Å². The van der Waals surface area contributed by atoms with Crippen molar-refractivity contribution in [2.24, 2.45) is 0 Å². The molecule has 0 aliphatic rings. The SMILES string of the molecule is CC(C(=O)NCc1cn(-c2ccncc2)nn1)n1cccn1. The summed E-state index contributed by atoms with van der Waals surface area (Å²) in [6.07, 6.45) is 8.54. The summed E-state index contributed by atoms with van der Waals surface area (Å²) in [4.78, 5) is 16.0. The maximum atomic E-state index is 12.1. The van der Waals surface area contributed by atoms with E-state index in [1.54, 1.807) is 53.3 Å². The van der Waals surface area contributed by atoms with E-state index >= 15 is 0 Å². The van der Waals surface area contributed by atoms with Gasteiger partial charge in [-0.2, -0.15) is 5.10 Å². The highest BCUT2D eigenvalue weighted by Crippen LogP contribution is 2.06. The van der Waals surface area contributed by atoms with Crippen molar-refractivity contribution in [3.05, 3.63) is 54.9 Å². The molecule has 8 heteroatoms. The first-order valence-corrected chi connectivity index (χ1v) is 6.82. The molecule has 3 aromatic rings. The third-order valence-electron chi connectivity index (χ3n) is 3.21. The van der Waals surface area contributed by atoms with E-state index in [1.807, 2.05) is 12.1 Å². The minimum atomic E-state index is -0.370. The Bertz CT molecular complexity index is 736. The Morgan fingerprint density at radius 2 is 2.14 bits per heavy atom. The summed E-state index contributed by atoms with van der Waals surface area (Å²) in [6, 6.07) is 5.07. The molecule has 112 valence electrons. The predicted molar refractivity (Wildman–Crippen MR) is 77.9 cm³/mol. The number of nitrogens with one attached hydrogen (secondary N) is 1. The van der Waals surface area contributed by atoms with E-state index in [4.69, 9.17) is 0 Å². The molecule has 0 saturated heterocycles. The van der Waals surface area contributed by atoms with Crippen molar-refractivity contribution in [3.8, 4) is 5.69 Å². The normalized spacial score (nSPS) is 12.0. The van der Waals surface area contributed by atoms with Crippen molar-refractivity contribution in [1.82, 2.24) is 35.1 Å². The average Bonchev–Trinajstić information content (AvgIpc) is 3.24. The van der Waals surface area contributed by atoms with Crippen LogP contribution in [0.25, 0.3) is 5.69 Å². The van der Waals surface area contributed by atoms with Crippen LogP contribution < -0.4 is 5.32 Å². The van der Waals surface area contributed by atoms with E-state index < -0.39 is 0 Å². The Balaban J connectivity index is 1.60. The first-order chi connectivity index (χ1) is 10.7. The van der Waals surface area contributed by atoms with Crippen molar-refractivity contribution < 1.29 is 4.79 Å². The van der Waals surface area contributed by atoms with E-state index in [-0.39, 0.29) is 11.9 Å². The lowest BCUT2D eigenvalue weighted by molar-refractivity contribution is -0.124. The van der Waals surface area contributed by atoms with Crippen LogP contribution in [-0.2, 0) is 11.3 Å². The fraction of sp³-hybridized carbons (Fsp3) is 0.214. The van der Waals surface area contributed by atoms with E-state index in [9.17, 15) is 4.79 Å². The molecule has 0 radical (unpaired) electrons. The Kier molecular flexibility index (Phi) is 3.90. The number of nitrogens with zero attached hydrogens (tertiary/aromatic N) is 6. The molecule has 0 spiro atoms. The van der Waals surface area contributed by atoms with Gasteiger partial charge < -0.3 is 5.32 Å². The fourth-order valence-electron chi connectivity index (χ4n) is 1.96. The quantitative estimate of drug-likeness (QED) is 0.750. The summed E-state index contributed by atoms with van der Waals surface area (Å²) in [5.41, 5.74) is 1.54. The third kappa shape index (κ3) is 3.00. The zero-order valence-corrected chi connectivity index (χ0v) is 12.0. The van der Waals surface area contributed by atoms with Crippen LogP contribution in [-0.4, -0.2) is 35.7 Å². The molecular formula is C14H15N7O. The summed E-state index contributed by atoms with van der Waals surface area (Å²) in [7, 11) is 0. The molecular weight excluding hydrogens is 282 g/mol. The maximum absolute atomic E-state index is 12.1. The van der Waals surface area contributed by atoms with Gasteiger partial charge in [-0.05, 0) is 25.1 Å². The van der Waals surface area contributed by atoms with Crippen LogP contribution in [0.15, 0.2) is 49.2 Å². The summed E-state index contributed by atoms with van der Waals surface area (Å²) in [5.74, 6) is -0.123. The van der Waals surface area contributed by atoms with Crippen LogP contribution in [0.3, 0.4) is 0 Å². The van der Waals surface area contributed by atoms with E-state index in [2.05, 4.69) is 25.7 Å². The minimum absolute atomic E-state index is 0.123. The largest absolute Gasteiger partial charge is 0.348 e. The summed E-state index contributed by atoms with van der Waals surface area (Å²) < 4.78 is 3.24. The standard InChI is InChI=1S/C14H15N7O/c1-11(20-8-2-5-17-20)14(22)16-9-12-10-21(19-18-12)13-3-6-15-7-4-13/h2-8,10-11H,9H2,1H3,(H,16,22). The fourth-order valence-corrected chi connectivity index (χ4v) is 1.96. The van der Waals surface area contributed by atoms with Gasteiger partial charge in [-0.25, -0.2) is 4.68 Å². The molecule has 1 N–H and O–H groups in total. The summed E-state index contributed by atoms with van der Waals surface area (Å²) >= 11 is 0. The molecule has 22 heavy (non-hydrogen) atoms. The van der Waals surface area contributed by atoms with Gasteiger partial charge in [0.2, 0.25) is 5.91 Å². The number of amides is 1. The predicted octanol–water partition coefficient (Wildman–Crippen LogP) is 0.736. The highest BCUT2D eigenvalue weighted by atomic mass is 16.2. The van der Waals surface area contributed by atoms with Gasteiger partial charge in [0, 0.05) is 24.8 Å². The van der Waals surface area contributed by atoms with Crippen molar-refractivity contribution >= 4 is 5.91 Å². The van der Waals surface area contributed by atoms with Gasteiger partial charge in [0.25, 0.3) is 0 Å².